The molecule has 4 N–H and O–H groups in total. The fourth-order valence-corrected chi connectivity index (χ4v) is 2.13. The lowest BCUT2D eigenvalue weighted by molar-refractivity contribution is 0.249. The molecule has 0 fully saturated rings. The van der Waals surface area contributed by atoms with Gasteiger partial charge >= 0.3 is 8.56 Å². The second kappa shape index (κ2) is 9.36. The van der Waals surface area contributed by atoms with Crippen LogP contribution < -0.4 is 11.1 Å². The zero-order valence-electron chi connectivity index (χ0n) is 8.59. The minimum absolute atomic E-state index is 0.718. The monoisotopic (exact) mass is 210 g/mol. The van der Waals surface area contributed by atoms with E-state index in [0.717, 1.165) is 29.4 Å². The molecular formula is C6H22N2O2Si2. The Kier molecular flexibility index (Phi) is 11.5. The van der Waals surface area contributed by atoms with E-state index in [1.165, 1.54) is 0 Å². The molecule has 4 nitrogen and oxygen atoms in total. The molecule has 0 aromatic heterocycles. The van der Waals surface area contributed by atoms with Crippen LogP contribution in [-0.4, -0.2) is 39.7 Å². The predicted octanol–water partition coefficient (Wildman–Crippen LogP) is -1.07. The van der Waals surface area contributed by atoms with Gasteiger partial charge in [-0.2, -0.15) is 0 Å². The van der Waals surface area contributed by atoms with Crippen LogP contribution in [0.5, 0.6) is 0 Å². The van der Waals surface area contributed by atoms with Crippen LogP contribution in [0.3, 0.4) is 0 Å². The van der Waals surface area contributed by atoms with Gasteiger partial charge in [-0.25, -0.2) is 0 Å². The Labute approximate surface area is 79.4 Å². The molecule has 0 saturated carbocycles. The van der Waals surface area contributed by atoms with Gasteiger partial charge in [0.05, 0.1) is 10.4 Å². The molecule has 0 aromatic rings. The summed E-state index contributed by atoms with van der Waals surface area (Å²) in [6.45, 7) is 2.76. The maximum absolute atomic E-state index is 5.36. The summed E-state index contributed by atoms with van der Waals surface area (Å²) in [5.74, 6) is 0. The van der Waals surface area contributed by atoms with Gasteiger partial charge in [-0.05, 0) is 25.6 Å². The van der Waals surface area contributed by atoms with E-state index in [1.54, 1.807) is 14.2 Å². The van der Waals surface area contributed by atoms with E-state index in [4.69, 9.17) is 14.6 Å². The van der Waals surface area contributed by atoms with E-state index < -0.39 is 8.56 Å². The average Bonchev–Trinajstić information content (AvgIpc) is 2.17. The molecule has 0 rings (SSSR count). The highest BCUT2D eigenvalue weighted by atomic mass is 28.4. The fraction of sp³-hybridized carbons (Fsp3) is 1.00. The first-order valence-electron chi connectivity index (χ1n) is 4.06. The molecule has 0 atom stereocenters. The van der Waals surface area contributed by atoms with Gasteiger partial charge in [-0.15, -0.1) is 0 Å². The molecule has 0 amide bonds. The number of nitrogens with two attached hydrogens (primary N) is 2. The summed E-state index contributed by atoms with van der Waals surface area (Å²) in [4.78, 5) is 0. The van der Waals surface area contributed by atoms with Crippen molar-refractivity contribution in [1.29, 1.82) is 0 Å². The van der Waals surface area contributed by atoms with E-state index in [0.29, 0.717) is 0 Å². The van der Waals surface area contributed by atoms with Crippen molar-refractivity contribution in [2.24, 2.45) is 11.1 Å². The Morgan fingerprint density at radius 2 is 1.67 bits per heavy atom. The highest BCUT2D eigenvalue weighted by Crippen LogP contribution is 2.12. The highest BCUT2D eigenvalue weighted by molar-refractivity contribution is 6.65. The molecule has 0 bridgehead atoms. The summed E-state index contributed by atoms with van der Waals surface area (Å²) < 4.78 is 10.5. The van der Waals surface area contributed by atoms with E-state index in [2.05, 4.69) is 5.40 Å². The molecule has 0 aromatic carbocycles. The van der Waals surface area contributed by atoms with Crippen LogP contribution in [0, 0.1) is 0 Å². The Balaban J connectivity index is 0. The fourth-order valence-electron chi connectivity index (χ4n) is 0.711. The maximum Gasteiger partial charge on any atom is 0.334 e. The van der Waals surface area contributed by atoms with E-state index in [-0.39, 0.29) is 0 Å². The summed E-state index contributed by atoms with van der Waals surface area (Å²) in [6, 6.07) is 0.983. The molecule has 0 radical (unpaired) electrons. The molecule has 6 heteroatoms. The van der Waals surface area contributed by atoms with Crippen molar-refractivity contribution in [3.8, 4) is 0 Å². The van der Waals surface area contributed by atoms with Gasteiger partial charge in [0.25, 0.3) is 0 Å². The minimum Gasteiger partial charge on any atom is -0.398 e. The number of rotatable bonds is 5. The van der Waals surface area contributed by atoms with Crippen molar-refractivity contribution in [3.05, 3.63) is 0 Å². The van der Waals surface area contributed by atoms with Crippen LogP contribution in [0.1, 0.15) is 6.42 Å². The van der Waals surface area contributed by atoms with E-state index >= 15 is 0 Å². The third kappa shape index (κ3) is 6.95. The molecule has 12 heavy (non-hydrogen) atoms. The lowest BCUT2D eigenvalue weighted by Gasteiger charge is -2.21. The van der Waals surface area contributed by atoms with Crippen LogP contribution in [-0.2, 0) is 8.85 Å². The molecule has 76 valence electrons. The first-order valence-corrected chi connectivity index (χ1v) is 7.74. The van der Waals surface area contributed by atoms with Crippen LogP contribution in [0.25, 0.3) is 0 Å². The molecular weight excluding hydrogens is 188 g/mol. The van der Waals surface area contributed by atoms with Gasteiger partial charge in [-0.1, -0.05) is 0 Å². The largest absolute Gasteiger partial charge is 0.398 e. The summed E-state index contributed by atoms with van der Waals surface area (Å²) in [6.07, 6.45) is 0.990. The lowest BCUT2D eigenvalue weighted by atomic mass is 10.5. The van der Waals surface area contributed by atoms with Gasteiger partial charge < -0.3 is 20.0 Å². The van der Waals surface area contributed by atoms with Crippen LogP contribution in [0.15, 0.2) is 0 Å². The van der Waals surface area contributed by atoms with Gasteiger partial charge in [0.15, 0.2) is 0 Å². The SMILES string of the molecule is CO[Si](C)(CCCN)OC.N[SiH3]. The van der Waals surface area contributed by atoms with Gasteiger partial charge in [-0.3, -0.25) is 0 Å². The molecule has 0 aliphatic rings. The van der Waals surface area contributed by atoms with Gasteiger partial charge in [0.2, 0.25) is 0 Å². The second-order valence-corrected chi connectivity index (χ2v) is 6.02. The van der Waals surface area contributed by atoms with Crippen molar-refractivity contribution in [2.75, 3.05) is 20.8 Å². The summed E-state index contributed by atoms with van der Waals surface area (Å²) >= 11 is 0. The number of hydrogen-bond donors (Lipinski definition) is 2. The van der Waals surface area contributed by atoms with Gasteiger partial charge in [0.1, 0.15) is 0 Å². The highest BCUT2D eigenvalue weighted by Gasteiger charge is 2.27. The predicted molar refractivity (Wildman–Crippen MR) is 58.2 cm³/mol. The topological polar surface area (TPSA) is 70.5 Å². The molecule has 0 spiro atoms. The third-order valence-corrected chi connectivity index (χ3v) is 4.69. The van der Waals surface area contributed by atoms with Crippen LogP contribution in [0.2, 0.25) is 12.6 Å². The first-order chi connectivity index (χ1) is 5.68. The Morgan fingerprint density at radius 1 is 1.25 bits per heavy atom. The first kappa shape index (κ1) is 14.8. The normalized spacial score (nSPS) is 10.8. The van der Waals surface area contributed by atoms with Crippen molar-refractivity contribution in [1.82, 2.24) is 0 Å². The minimum atomic E-state index is -1.80. The van der Waals surface area contributed by atoms with Crippen molar-refractivity contribution in [2.45, 2.75) is 19.0 Å². The molecule has 0 unspecified atom stereocenters. The summed E-state index contributed by atoms with van der Waals surface area (Å²) in [5.41, 5.74) is 5.36. The van der Waals surface area contributed by atoms with E-state index in [9.17, 15) is 0 Å². The van der Waals surface area contributed by atoms with E-state index in [1.807, 2.05) is 6.55 Å². The third-order valence-electron chi connectivity index (χ3n) is 1.70. The van der Waals surface area contributed by atoms with Gasteiger partial charge in [0, 0.05) is 14.2 Å². The Bertz CT molecular complexity index is 91.6. The van der Waals surface area contributed by atoms with Crippen molar-refractivity contribution < 1.29 is 8.85 Å². The number of hydrogen-bond acceptors (Lipinski definition) is 4. The zero-order valence-corrected chi connectivity index (χ0v) is 11.6. The maximum atomic E-state index is 5.36. The lowest BCUT2D eigenvalue weighted by Crippen LogP contribution is -2.36. The smallest absolute Gasteiger partial charge is 0.334 e. The molecule has 0 saturated heterocycles. The van der Waals surface area contributed by atoms with Crippen LogP contribution >= 0.6 is 0 Å². The quantitative estimate of drug-likeness (QED) is 0.567. The molecule has 0 aliphatic carbocycles. The molecule has 0 aliphatic heterocycles. The summed E-state index contributed by atoms with van der Waals surface area (Å²) in [5, 5.41) is 4.64. The Morgan fingerprint density at radius 3 is 1.92 bits per heavy atom. The molecule has 0 heterocycles. The summed E-state index contributed by atoms with van der Waals surface area (Å²) in [7, 11) is 2.41. The second-order valence-electron chi connectivity index (χ2n) is 2.43. The average molecular weight is 210 g/mol. The standard InChI is InChI=1S/C6H17NO2Si.H5NSi/c1-8-10(3,9-2)6-4-5-7;1-2/h4-7H2,1-3H3;1H2,2H3. The van der Waals surface area contributed by atoms with Crippen molar-refractivity contribution >= 4 is 19.0 Å². The van der Waals surface area contributed by atoms with Crippen molar-refractivity contribution in [3.63, 3.8) is 0 Å². The Hall–Kier alpha value is 0.274. The zero-order chi connectivity index (χ0) is 10.0. The van der Waals surface area contributed by atoms with Crippen LogP contribution in [0.4, 0.5) is 0 Å².